The number of benzene rings is 2. The Morgan fingerprint density at radius 3 is 2.62 bits per heavy atom. The first-order chi connectivity index (χ1) is 18.1. The first-order valence-electron chi connectivity index (χ1n) is 12.8. The summed E-state index contributed by atoms with van der Waals surface area (Å²) >= 11 is 0. The monoisotopic (exact) mass is 496 g/mol. The molecule has 2 aromatic carbocycles. The summed E-state index contributed by atoms with van der Waals surface area (Å²) in [6.45, 7) is 8.06. The van der Waals surface area contributed by atoms with Gasteiger partial charge in [-0.2, -0.15) is 0 Å². The molecule has 0 aliphatic rings. The Hall–Kier alpha value is -4.11. The molecule has 5 aromatic rings. The van der Waals surface area contributed by atoms with Crippen LogP contribution in [0.5, 0.6) is 0 Å². The number of nitrogens with one attached hydrogen (secondary N) is 2. The molecule has 0 spiro atoms. The molecule has 0 saturated heterocycles. The SMILES string of the molecule is CCN(CC)C(CCCc1nc2cccc(C)c2c(=O)n1-c1ccccc1)Nc1ncnc2[nH]cnc12. The second-order valence-corrected chi connectivity index (χ2v) is 9.07. The van der Waals surface area contributed by atoms with Crippen LogP contribution in [-0.2, 0) is 6.42 Å². The molecule has 0 fully saturated rings. The normalized spacial score (nSPS) is 12.4. The molecule has 9 heteroatoms. The number of nitrogens with zero attached hydrogens (tertiary/aromatic N) is 6. The minimum atomic E-state index is -0.0235. The van der Waals surface area contributed by atoms with Crippen molar-refractivity contribution in [2.45, 2.75) is 46.2 Å². The van der Waals surface area contributed by atoms with Crippen molar-refractivity contribution in [1.29, 1.82) is 0 Å². The molecule has 9 nitrogen and oxygen atoms in total. The van der Waals surface area contributed by atoms with Gasteiger partial charge in [0, 0.05) is 6.42 Å². The van der Waals surface area contributed by atoms with Gasteiger partial charge in [-0.3, -0.25) is 14.3 Å². The molecule has 5 rings (SSSR count). The molecule has 2 N–H and O–H groups in total. The van der Waals surface area contributed by atoms with E-state index in [0.29, 0.717) is 23.3 Å². The number of anilines is 1. The molecule has 3 aromatic heterocycles. The Kier molecular flexibility index (Phi) is 7.23. The molecule has 190 valence electrons. The lowest BCUT2D eigenvalue weighted by Crippen LogP contribution is -2.41. The molecule has 0 radical (unpaired) electrons. The second kappa shape index (κ2) is 10.9. The third-order valence-electron chi connectivity index (χ3n) is 6.84. The predicted molar refractivity (Wildman–Crippen MR) is 147 cm³/mol. The van der Waals surface area contributed by atoms with E-state index < -0.39 is 0 Å². The highest BCUT2D eigenvalue weighted by atomic mass is 16.1. The maximum absolute atomic E-state index is 13.7. The van der Waals surface area contributed by atoms with Crippen molar-refractivity contribution in [3.8, 4) is 5.69 Å². The summed E-state index contributed by atoms with van der Waals surface area (Å²) in [5.74, 6) is 1.48. The fourth-order valence-corrected chi connectivity index (χ4v) is 4.94. The Balaban J connectivity index is 1.45. The number of aromatic nitrogens is 6. The van der Waals surface area contributed by atoms with Gasteiger partial charge in [-0.05, 0) is 56.6 Å². The zero-order valence-electron chi connectivity index (χ0n) is 21.5. The summed E-state index contributed by atoms with van der Waals surface area (Å²) < 4.78 is 1.77. The van der Waals surface area contributed by atoms with E-state index in [9.17, 15) is 4.79 Å². The van der Waals surface area contributed by atoms with E-state index in [1.54, 1.807) is 17.2 Å². The second-order valence-electron chi connectivity index (χ2n) is 9.07. The molecule has 0 aliphatic carbocycles. The van der Waals surface area contributed by atoms with Gasteiger partial charge in [-0.1, -0.05) is 44.2 Å². The third-order valence-corrected chi connectivity index (χ3v) is 6.84. The van der Waals surface area contributed by atoms with Crippen LogP contribution in [-0.4, -0.2) is 53.6 Å². The van der Waals surface area contributed by atoms with Gasteiger partial charge in [-0.25, -0.2) is 19.9 Å². The Morgan fingerprint density at radius 1 is 1.03 bits per heavy atom. The van der Waals surface area contributed by atoms with Gasteiger partial charge in [0.2, 0.25) is 0 Å². The zero-order valence-corrected chi connectivity index (χ0v) is 21.5. The van der Waals surface area contributed by atoms with Gasteiger partial charge in [0.25, 0.3) is 5.56 Å². The first kappa shape index (κ1) is 24.6. The number of para-hydroxylation sites is 1. The number of aryl methyl sites for hydroxylation is 2. The van der Waals surface area contributed by atoms with Gasteiger partial charge in [0.05, 0.1) is 29.1 Å². The van der Waals surface area contributed by atoms with Crippen molar-refractivity contribution < 1.29 is 0 Å². The van der Waals surface area contributed by atoms with E-state index >= 15 is 0 Å². The average Bonchev–Trinajstić information content (AvgIpc) is 3.40. The molecule has 37 heavy (non-hydrogen) atoms. The third kappa shape index (κ3) is 4.95. The summed E-state index contributed by atoms with van der Waals surface area (Å²) in [5.41, 5.74) is 3.92. The Morgan fingerprint density at radius 2 is 1.84 bits per heavy atom. The van der Waals surface area contributed by atoms with Gasteiger partial charge < -0.3 is 10.3 Å². The number of hydrogen-bond donors (Lipinski definition) is 2. The average molecular weight is 497 g/mol. The van der Waals surface area contributed by atoms with Crippen LogP contribution < -0.4 is 10.9 Å². The van der Waals surface area contributed by atoms with E-state index in [0.717, 1.165) is 54.0 Å². The molecule has 0 aliphatic heterocycles. The van der Waals surface area contributed by atoms with Crippen LogP contribution in [0.25, 0.3) is 27.8 Å². The van der Waals surface area contributed by atoms with E-state index in [4.69, 9.17) is 4.98 Å². The lowest BCUT2D eigenvalue weighted by Gasteiger charge is -2.31. The number of H-pyrrole nitrogens is 1. The fourth-order valence-electron chi connectivity index (χ4n) is 4.94. The number of fused-ring (bicyclic) bond motifs is 2. The van der Waals surface area contributed by atoms with Gasteiger partial charge in [0.1, 0.15) is 17.7 Å². The summed E-state index contributed by atoms with van der Waals surface area (Å²) in [4.78, 5) is 37.2. The van der Waals surface area contributed by atoms with Crippen LogP contribution in [0.3, 0.4) is 0 Å². The molecule has 1 atom stereocenters. The van der Waals surface area contributed by atoms with E-state index in [1.807, 2.05) is 55.5 Å². The summed E-state index contributed by atoms with van der Waals surface area (Å²) in [7, 11) is 0. The largest absolute Gasteiger partial charge is 0.353 e. The van der Waals surface area contributed by atoms with Crippen molar-refractivity contribution in [2.24, 2.45) is 0 Å². The van der Waals surface area contributed by atoms with Crippen LogP contribution in [0.1, 0.15) is 38.1 Å². The van der Waals surface area contributed by atoms with Gasteiger partial charge >= 0.3 is 0 Å². The predicted octanol–water partition coefficient (Wildman–Crippen LogP) is 4.46. The molecule has 1 unspecified atom stereocenters. The van der Waals surface area contributed by atoms with E-state index in [-0.39, 0.29) is 11.7 Å². The number of imidazole rings is 1. The molecular formula is C28H32N8O. The Bertz CT molecular complexity index is 1560. The molecular weight excluding hydrogens is 464 g/mol. The van der Waals surface area contributed by atoms with Crippen LogP contribution in [0, 0.1) is 6.92 Å². The minimum Gasteiger partial charge on any atom is -0.353 e. The highest BCUT2D eigenvalue weighted by Crippen LogP contribution is 2.21. The summed E-state index contributed by atoms with van der Waals surface area (Å²) in [6.07, 6.45) is 5.56. The standard InChI is InChI=1S/C28H32N8O/c1-4-35(5-2)22(34-27-25-26(30-17-29-25)31-18-32-27)15-10-16-23-33-21-14-9-11-19(3)24(21)28(37)36(23)20-12-7-6-8-13-20/h6-9,11-14,17-18,22H,4-5,10,15-16H2,1-3H3,(H2,29,30,31,32,34). The maximum Gasteiger partial charge on any atom is 0.266 e. The lowest BCUT2D eigenvalue weighted by molar-refractivity contribution is 0.224. The van der Waals surface area contributed by atoms with Crippen molar-refractivity contribution >= 4 is 27.9 Å². The highest BCUT2D eigenvalue weighted by Gasteiger charge is 2.20. The first-order valence-corrected chi connectivity index (χ1v) is 12.8. The minimum absolute atomic E-state index is 0.0235. The lowest BCUT2D eigenvalue weighted by atomic mass is 10.1. The molecule has 0 saturated carbocycles. The molecule has 0 bridgehead atoms. The fraction of sp³-hybridized carbons (Fsp3) is 0.321. The number of rotatable bonds is 10. The van der Waals surface area contributed by atoms with Crippen LogP contribution >= 0.6 is 0 Å². The zero-order chi connectivity index (χ0) is 25.8. The number of hydrogen-bond acceptors (Lipinski definition) is 7. The number of aromatic amines is 1. The van der Waals surface area contributed by atoms with Crippen molar-refractivity contribution in [2.75, 3.05) is 18.4 Å². The smallest absolute Gasteiger partial charge is 0.266 e. The van der Waals surface area contributed by atoms with Crippen LogP contribution in [0.4, 0.5) is 5.82 Å². The van der Waals surface area contributed by atoms with Crippen molar-refractivity contribution in [1.82, 2.24) is 34.4 Å². The topological polar surface area (TPSA) is 105 Å². The molecule has 3 heterocycles. The molecule has 0 amide bonds. The quantitative estimate of drug-likeness (QED) is 0.275. The van der Waals surface area contributed by atoms with Gasteiger partial charge in [-0.15, -0.1) is 0 Å². The van der Waals surface area contributed by atoms with Crippen LogP contribution in [0.2, 0.25) is 0 Å². The van der Waals surface area contributed by atoms with Crippen molar-refractivity contribution in [3.05, 3.63) is 82.9 Å². The maximum atomic E-state index is 13.7. The van der Waals surface area contributed by atoms with Crippen molar-refractivity contribution in [3.63, 3.8) is 0 Å². The van der Waals surface area contributed by atoms with Gasteiger partial charge in [0.15, 0.2) is 11.5 Å². The van der Waals surface area contributed by atoms with E-state index in [2.05, 4.69) is 44.0 Å². The Labute approximate surface area is 215 Å². The summed E-state index contributed by atoms with van der Waals surface area (Å²) in [6, 6.07) is 15.6. The van der Waals surface area contributed by atoms with E-state index in [1.165, 1.54) is 0 Å². The highest BCUT2D eigenvalue weighted by molar-refractivity contribution is 5.82. The van der Waals surface area contributed by atoms with Crippen LogP contribution in [0.15, 0.2) is 66.0 Å². The summed E-state index contributed by atoms with van der Waals surface area (Å²) in [5, 5.41) is 4.27.